The van der Waals surface area contributed by atoms with Crippen LogP contribution >= 0.6 is 15.9 Å². The fourth-order valence-electron chi connectivity index (χ4n) is 3.42. The van der Waals surface area contributed by atoms with Crippen LogP contribution in [0.15, 0.2) is 22.8 Å². The van der Waals surface area contributed by atoms with E-state index in [1.165, 1.54) is 23.3 Å². The number of hydrogen-bond acceptors (Lipinski definition) is 4. The van der Waals surface area contributed by atoms with Crippen molar-refractivity contribution < 1.29 is 0 Å². The van der Waals surface area contributed by atoms with Crippen molar-refractivity contribution in [3.8, 4) is 0 Å². The van der Waals surface area contributed by atoms with Crippen LogP contribution in [0.5, 0.6) is 0 Å². The molecular formula is C18H22BrN3S61. The number of rotatable bonds is 1. The van der Waals surface area contributed by atoms with Gasteiger partial charge in [0.2, 0.25) is 0 Å². The predicted octanol–water partition coefficient (Wildman–Crippen LogP) is 5.23. The van der Waals surface area contributed by atoms with E-state index in [2.05, 4.69) is 80.1 Å². The Balaban J connectivity index is 0.000000874. The Kier molecular flexibility index (Phi) is 75.1. The van der Waals surface area contributed by atoms with Crippen molar-refractivity contribution in [2.45, 2.75) is 52.9 Å². The lowest BCUT2D eigenvalue weighted by molar-refractivity contribution is 0.537. The minimum atomic E-state index is -0.0504. The Bertz CT molecular complexity index is 5570. The van der Waals surface area contributed by atoms with Crippen LogP contribution in [-0.2, 0) is 552 Å². The highest BCUT2D eigenvalue weighted by Gasteiger charge is 2.24. The predicted molar refractivity (Wildman–Crippen MR) is 545 cm³/mol. The molecule has 0 aliphatic rings. The van der Waals surface area contributed by atoms with Gasteiger partial charge in [-0.1, -0.05) is 40.7 Å². The second-order valence-electron chi connectivity index (χ2n) is 11.3. The monoisotopic (exact) mass is 2310 g/mol. The number of aryl methyl sites for hydroxylation is 1. The minimum Gasteiger partial charge on any atom is -0.283 e. The van der Waals surface area contributed by atoms with Crippen molar-refractivity contribution in [3.05, 3.63) is 39.9 Å². The standard InChI is InChI=1S/C18H22BrN3.S61/c1-10(2)12-7-8-13-14(9-12)20-17(18(4,5)6)22-11(3)15(19)21-16(13)22;1-3-5-7-9-11-13-15-17-19-21-23-25-27-29-31-33-35-37-39-41-43-45-47-49-51-53-55-57-59-61-60-58-56-54-52-50-48-46-44-42-40-38-36-34-32-30-28-26-24-22-20-18-16-14-12-10-8-6-4-2/h7-10H,1-6H3;. The molecule has 0 radical (unpaired) electrons. The molecule has 65 heteroatoms. The summed E-state index contributed by atoms with van der Waals surface area (Å²) in [6.07, 6.45) is 0. The summed E-state index contributed by atoms with van der Waals surface area (Å²) in [5, 5.41) is 1.10. The van der Waals surface area contributed by atoms with Crippen molar-refractivity contribution in [1.29, 1.82) is 0 Å². The molecule has 0 amide bonds. The van der Waals surface area contributed by atoms with Gasteiger partial charge in [-0.05, 0) is 46.5 Å². The van der Waals surface area contributed by atoms with Crippen LogP contribution < -0.4 is 0 Å². The lowest BCUT2D eigenvalue weighted by atomic mass is 9.94. The number of fused-ring (bicyclic) bond motifs is 3. The molecule has 0 fully saturated rings. The fraction of sp³-hybridized carbons (Fsp3) is 0.444. The van der Waals surface area contributed by atoms with Gasteiger partial charge in [0.1, 0.15) is 16.1 Å². The highest BCUT2D eigenvalue weighted by Crippen LogP contribution is 2.31. The first-order valence-corrected chi connectivity index (χ1v) is 98.5. The lowest BCUT2D eigenvalue weighted by Crippen LogP contribution is -2.19. The maximum absolute atomic E-state index is 4.99. The van der Waals surface area contributed by atoms with Crippen molar-refractivity contribution in [3.63, 3.8) is 0 Å². The van der Waals surface area contributed by atoms with Crippen molar-refractivity contribution >= 4 is 579 Å². The van der Waals surface area contributed by atoms with Crippen LogP contribution in [0, 0.1) is 6.92 Å². The Morgan fingerprint density at radius 2 is 0.578 bits per heavy atom. The molecule has 1 aromatic carbocycles. The van der Waals surface area contributed by atoms with Gasteiger partial charge < -0.3 is 0 Å². The van der Waals surface area contributed by atoms with E-state index >= 15 is 0 Å². The molecule has 3 nitrogen and oxygen atoms in total. The van der Waals surface area contributed by atoms with Crippen LogP contribution in [0.1, 0.15) is 57.6 Å². The quantitative estimate of drug-likeness (QED) is 0.335. The number of nitrogens with zero attached hydrogens (tertiary/aromatic N) is 3. The summed E-state index contributed by atoms with van der Waals surface area (Å²) in [5.74, 6) is 1.54. The van der Waals surface area contributed by atoms with E-state index in [-0.39, 0.29) is 5.41 Å². The van der Waals surface area contributed by atoms with E-state index in [1.54, 1.807) is 107 Å². The first kappa shape index (κ1) is 91.1. The van der Waals surface area contributed by atoms with Gasteiger partial charge in [0.25, 0.3) is 0 Å². The number of aromatic nitrogens is 3. The third-order valence-electron chi connectivity index (χ3n) is 5.70. The topological polar surface area (TPSA) is 30.2 Å². The molecule has 0 unspecified atom stereocenters. The maximum Gasteiger partial charge on any atom is 0.149 e. The number of halogens is 1. The van der Waals surface area contributed by atoms with E-state index in [1.807, 2.05) is 400 Å². The largest absolute Gasteiger partial charge is 0.283 e. The third kappa shape index (κ3) is 54.3. The van der Waals surface area contributed by atoms with Crippen LogP contribution in [0.3, 0.4) is 0 Å². The van der Waals surface area contributed by atoms with Gasteiger partial charge >= 0.3 is 0 Å². The molecule has 2 heterocycles. The summed E-state index contributed by atoms with van der Waals surface area (Å²) in [6, 6.07) is 6.54. The van der Waals surface area contributed by atoms with E-state index in [9.17, 15) is 0 Å². The van der Waals surface area contributed by atoms with Crippen molar-refractivity contribution in [2.75, 3.05) is 0 Å². The first-order valence-electron chi connectivity index (χ1n) is 17.7. The molecule has 0 bridgehead atoms. The molecule has 0 atom stereocenters. The molecule has 0 spiro atoms. The summed E-state index contributed by atoms with van der Waals surface area (Å²) in [5.41, 5.74) is 4.37. The summed E-state index contributed by atoms with van der Waals surface area (Å²) in [4.78, 5) is 9.72. The normalized spacial score (nSPS) is 9.11. The number of benzene rings is 1. The highest BCUT2D eigenvalue weighted by molar-refractivity contribution is 9.10. The van der Waals surface area contributed by atoms with Gasteiger partial charge in [0.15, 0.2) is 0 Å². The zero-order valence-corrected chi connectivity index (χ0v) is 90.3. The van der Waals surface area contributed by atoms with E-state index < -0.39 is 0 Å². The van der Waals surface area contributed by atoms with Crippen molar-refractivity contribution in [1.82, 2.24) is 14.4 Å². The molecule has 0 aliphatic carbocycles. The fourth-order valence-corrected chi connectivity index (χ4v) is 160. The second kappa shape index (κ2) is 68.4. The number of imidazole rings is 1. The molecule has 83 heavy (non-hydrogen) atoms. The molecular weight excluding hydrogens is 2290 g/mol. The lowest BCUT2D eigenvalue weighted by Gasteiger charge is -2.21. The van der Waals surface area contributed by atoms with Gasteiger partial charge in [-0.15, -0.1) is 0 Å². The summed E-state index contributed by atoms with van der Waals surface area (Å²) >= 11 is 13.2. The SMILES string of the molecule is Cc1c(Br)nc2c3ccc(C(C)C)cc3nc(C(C)(C)C)n12.S=S=S=S=S=S=S=S=S=S=S=S=S=S=S=S=S=S=S=S=S=S=S=S=S=S=S=S=S=S=S=S=S=S=S=S=S=S=S=S=S=S=S=S=S=S=S=S=S=S=S=S=S=S=S=S=S=S=S=S=S. The minimum absolute atomic E-state index is 0.0504. The molecule has 3 aromatic rings. The van der Waals surface area contributed by atoms with Crippen molar-refractivity contribution in [2.24, 2.45) is 0 Å². The summed E-state index contributed by atoms with van der Waals surface area (Å²) in [7, 11) is 106. The van der Waals surface area contributed by atoms with Gasteiger partial charge in [-0.3, -0.25) is 4.40 Å². The van der Waals surface area contributed by atoms with Gasteiger partial charge in [0.05, 0.1) is 11.2 Å². The second-order valence-corrected chi connectivity index (χ2v) is 116. The molecule has 0 N–H and O–H groups in total. The zero-order valence-electron chi connectivity index (χ0n) is 38.9. The Morgan fingerprint density at radius 3 is 0.771 bits per heavy atom. The van der Waals surface area contributed by atoms with E-state index in [4.69, 9.17) is 32.3 Å². The molecule has 0 saturated carbocycles. The van der Waals surface area contributed by atoms with Gasteiger partial charge in [-0.2, -0.15) is 0 Å². The average Bonchev–Trinajstić information content (AvgIpc) is 3.02. The maximum atomic E-state index is 4.99. The van der Waals surface area contributed by atoms with Gasteiger partial charge in [-0.25, -0.2) is 9.97 Å². The molecule has 0 saturated heterocycles. The molecule has 3 rings (SSSR count). The Labute approximate surface area is 667 Å². The van der Waals surface area contributed by atoms with Crippen LogP contribution in [0.4, 0.5) is 0 Å². The average molecular weight is 2320 g/mol. The van der Waals surface area contributed by atoms with E-state index in [0.29, 0.717) is 5.92 Å². The summed E-state index contributed by atoms with van der Waals surface area (Å²) < 4.78 is 3.07. The summed E-state index contributed by atoms with van der Waals surface area (Å²) in [6.45, 7) is 13.1. The zero-order chi connectivity index (χ0) is 60.0. The van der Waals surface area contributed by atoms with Crippen LogP contribution in [0.2, 0.25) is 0 Å². The highest BCUT2D eigenvalue weighted by atomic mass is 79.9. The van der Waals surface area contributed by atoms with Crippen LogP contribution in [0.25, 0.3) is 16.6 Å². The smallest absolute Gasteiger partial charge is 0.149 e. The van der Waals surface area contributed by atoms with E-state index in [0.717, 1.165) is 32.7 Å². The molecule has 0 aliphatic heterocycles. The number of hydrogen-bond donors (Lipinski definition) is 0. The Morgan fingerprint density at radius 1 is 0.361 bits per heavy atom. The first-order chi connectivity index (χ1) is 40.6. The van der Waals surface area contributed by atoms with Gasteiger partial charge in [0, 0.05) is 557 Å². The third-order valence-corrected chi connectivity index (χ3v) is 135. The Hall–Kier alpha value is 12.0. The molecule has 2 aromatic heterocycles. The van der Waals surface area contributed by atoms with Crippen LogP contribution in [-0.4, -0.2) is 14.4 Å². The molecule has 482 valence electrons.